The average molecular weight is 284 g/mol. The zero-order valence-electron chi connectivity index (χ0n) is 11.6. The molecular weight excluding hydrogens is 261 g/mol. The van der Waals surface area contributed by atoms with E-state index in [2.05, 4.69) is 5.32 Å². The Morgan fingerprint density at radius 3 is 2.63 bits per heavy atom. The molecule has 0 amide bonds. The molecule has 1 saturated carbocycles. The van der Waals surface area contributed by atoms with Crippen molar-refractivity contribution < 1.29 is 4.39 Å². The Labute approximate surface area is 120 Å². The molecule has 106 valence electrons. The van der Waals surface area contributed by atoms with E-state index in [0.29, 0.717) is 11.8 Å². The van der Waals surface area contributed by atoms with E-state index in [1.54, 1.807) is 12.1 Å². The molecule has 0 heterocycles. The zero-order chi connectivity index (χ0) is 13.7. The van der Waals surface area contributed by atoms with Gasteiger partial charge < -0.3 is 5.32 Å². The zero-order valence-corrected chi connectivity index (χ0v) is 12.3. The van der Waals surface area contributed by atoms with E-state index in [1.807, 2.05) is 13.1 Å². The first-order chi connectivity index (χ1) is 9.20. The van der Waals surface area contributed by atoms with E-state index in [0.717, 1.165) is 18.5 Å². The monoisotopic (exact) mass is 283 g/mol. The first-order valence-corrected chi connectivity index (χ1v) is 7.67. The summed E-state index contributed by atoms with van der Waals surface area (Å²) < 4.78 is 13.5. The number of nitrogens with one attached hydrogen (secondary N) is 1. The summed E-state index contributed by atoms with van der Waals surface area (Å²) in [6, 6.07) is 5.24. The van der Waals surface area contributed by atoms with Crippen molar-refractivity contribution in [3.05, 3.63) is 34.6 Å². The molecule has 0 bridgehead atoms. The molecule has 1 aromatic carbocycles. The van der Waals surface area contributed by atoms with Gasteiger partial charge >= 0.3 is 0 Å². The third-order valence-electron chi connectivity index (χ3n) is 4.26. The molecule has 0 aliphatic heterocycles. The second kappa shape index (κ2) is 7.25. The highest BCUT2D eigenvalue weighted by Gasteiger charge is 2.23. The fourth-order valence-electron chi connectivity index (χ4n) is 3.23. The van der Waals surface area contributed by atoms with E-state index in [9.17, 15) is 4.39 Å². The number of hydrogen-bond acceptors (Lipinski definition) is 1. The fourth-order valence-corrected chi connectivity index (χ4v) is 3.35. The normalized spacial score (nSPS) is 24.2. The van der Waals surface area contributed by atoms with Gasteiger partial charge in [-0.15, -0.1) is 0 Å². The maximum Gasteiger partial charge on any atom is 0.142 e. The Balaban J connectivity index is 2.06. The molecule has 1 aliphatic rings. The van der Waals surface area contributed by atoms with E-state index >= 15 is 0 Å². The van der Waals surface area contributed by atoms with Gasteiger partial charge in [-0.05, 0) is 62.4 Å². The molecule has 2 unspecified atom stereocenters. The summed E-state index contributed by atoms with van der Waals surface area (Å²) in [5.41, 5.74) is 1.08. The van der Waals surface area contributed by atoms with Gasteiger partial charge in [-0.2, -0.15) is 0 Å². The van der Waals surface area contributed by atoms with Crippen LogP contribution in [-0.2, 0) is 6.42 Å². The third kappa shape index (κ3) is 4.19. The van der Waals surface area contributed by atoms with Crippen LogP contribution in [0.2, 0.25) is 5.02 Å². The van der Waals surface area contributed by atoms with Gasteiger partial charge in [-0.3, -0.25) is 0 Å². The minimum Gasteiger partial charge on any atom is -0.319 e. The quantitative estimate of drug-likeness (QED) is 0.806. The highest BCUT2D eigenvalue weighted by molar-refractivity contribution is 6.30. The van der Waals surface area contributed by atoms with Crippen LogP contribution in [0.25, 0.3) is 0 Å². The maximum absolute atomic E-state index is 13.5. The Bertz CT molecular complexity index is 408. The first kappa shape index (κ1) is 14.8. The Kier molecular flexibility index (Phi) is 5.65. The smallest absolute Gasteiger partial charge is 0.142 e. The van der Waals surface area contributed by atoms with Crippen molar-refractivity contribution >= 4 is 11.6 Å². The van der Waals surface area contributed by atoms with Crippen molar-refractivity contribution in [2.45, 2.75) is 38.5 Å². The molecule has 1 fully saturated rings. The molecule has 19 heavy (non-hydrogen) atoms. The number of hydrogen-bond donors (Lipinski definition) is 1. The van der Waals surface area contributed by atoms with E-state index < -0.39 is 0 Å². The van der Waals surface area contributed by atoms with Gasteiger partial charge in [-0.25, -0.2) is 4.39 Å². The number of rotatable bonds is 4. The molecule has 2 rings (SSSR count). The van der Waals surface area contributed by atoms with Crippen LogP contribution in [-0.4, -0.2) is 13.6 Å². The molecule has 0 spiro atoms. The van der Waals surface area contributed by atoms with Crippen molar-refractivity contribution in [1.82, 2.24) is 5.32 Å². The minimum absolute atomic E-state index is 0.219. The van der Waals surface area contributed by atoms with Crippen LogP contribution in [0.4, 0.5) is 4.39 Å². The van der Waals surface area contributed by atoms with Crippen LogP contribution in [0.3, 0.4) is 0 Å². The van der Waals surface area contributed by atoms with E-state index in [1.165, 1.54) is 32.1 Å². The Hall–Kier alpha value is -0.600. The van der Waals surface area contributed by atoms with Gasteiger partial charge in [0.15, 0.2) is 0 Å². The Morgan fingerprint density at radius 1 is 1.21 bits per heavy atom. The van der Waals surface area contributed by atoms with Crippen molar-refractivity contribution in [2.24, 2.45) is 11.8 Å². The highest BCUT2D eigenvalue weighted by atomic mass is 35.5. The van der Waals surface area contributed by atoms with Gasteiger partial charge in [0.1, 0.15) is 5.82 Å². The van der Waals surface area contributed by atoms with Gasteiger partial charge in [0.25, 0.3) is 0 Å². The van der Waals surface area contributed by atoms with Gasteiger partial charge in [0, 0.05) is 0 Å². The molecule has 0 aromatic heterocycles. The summed E-state index contributed by atoms with van der Waals surface area (Å²) in [7, 11) is 2.02. The van der Waals surface area contributed by atoms with Gasteiger partial charge in [-0.1, -0.05) is 36.9 Å². The summed E-state index contributed by atoms with van der Waals surface area (Å²) in [5, 5.41) is 3.53. The predicted octanol–water partition coefficient (Wildman–Crippen LogP) is 4.44. The third-order valence-corrected chi connectivity index (χ3v) is 4.57. The molecule has 2 atom stereocenters. The van der Waals surface area contributed by atoms with Crippen molar-refractivity contribution in [2.75, 3.05) is 13.6 Å². The summed E-state index contributed by atoms with van der Waals surface area (Å²) in [6.45, 7) is 1.07. The summed E-state index contributed by atoms with van der Waals surface area (Å²) in [5.74, 6) is 1.08. The SMILES string of the molecule is CNCC1CCCCCC1Cc1ccc(Cl)c(F)c1. The first-order valence-electron chi connectivity index (χ1n) is 7.29. The van der Waals surface area contributed by atoms with Gasteiger partial charge in [0.2, 0.25) is 0 Å². The van der Waals surface area contributed by atoms with Crippen LogP contribution in [0.15, 0.2) is 18.2 Å². The summed E-state index contributed by atoms with van der Waals surface area (Å²) in [4.78, 5) is 0. The Morgan fingerprint density at radius 2 is 1.95 bits per heavy atom. The van der Waals surface area contributed by atoms with Crippen LogP contribution in [0, 0.1) is 17.7 Å². The second-order valence-corrected chi connectivity index (χ2v) is 6.08. The lowest BCUT2D eigenvalue weighted by molar-refractivity contribution is 0.303. The summed E-state index contributed by atoms with van der Waals surface area (Å²) in [6.07, 6.45) is 7.50. The molecular formula is C16H23ClFN. The molecule has 1 N–H and O–H groups in total. The van der Waals surface area contributed by atoms with Crippen LogP contribution in [0.5, 0.6) is 0 Å². The minimum atomic E-state index is -0.294. The van der Waals surface area contributed by atoms with E-state index in [-0.39, 0.29) is 10.8 Å². The lowest BCUT2D eigenvalue weighted by atomic mass is 9.83. The largest absolute Gasteiger partial charge is 0.319 e. The average Bonchev–Trinajstić information content (AvgIpc) is 2.61. The van der Waals surface area contributed by atoms with Crippen molar-refractivity contribution in [1.29, 1.82) is 0 Å². The lowest BCUT2D eigenvalue weighted by Crippen LogP contribution is -2.26. The van der Waals surface area contributed by atoms with Crippen LogP contribution >= 0.6 is 11.6 Å². The molecule has 1 aromatic rings. The van der Waals surface area contributed by atoms with Crippen molar-refractivity contribution in [3.8, 4) is 0 Å². The summed E-state index contributed by atoms with van der Waals surface area (Å²) >= 11 is 5.74. The molecule has 3 heteroatoms. The molecule has 0 radical (unpaired) electrons. The number of benzene rings is 1. The molecule has 0 saturated heterocycles. The predicted molar refractivity (Wildman–Crippen MR) is 79.1 cm³/mol. The fraction of sp³-hybridized carbons (Fsp3) is 0.625. The van der Waals surface area contributed by atoms with Crippen LogP contribution in [0.1, 0.15) is 37.7 Å². The van der Waals surface area contributed by atoms with Crippen LogP contribution < -0.4 is 5.32 Å². The topological polar surface area (TPSA) is 12.0 Å². The lowest BCUT2D eigenvalue weighted by Gasteiger charge is -2.25. The highest BCUT2D eigenvalue weighted by Crippen LogP contribution is 2.31. The standard InChI is InChI=1S/C16H23ClFN/c1-19-11-14-6-4-2-3-5-13(14)9-12-7-8-15(17)16(18)10-12/h7-8,10,13-14,19H,2-6,9,11H2,1H3. The van der Waals surface area contributed by atoms with Gasteiger partial charge in [0.05, 0.1) is 5.02 Å². The number of halogens is 2. The van der Waals surface area contributed by atoms with E-state index in [4.69, 9.17) is 11.6 Å². The molecule has 1 nitrogen and oxygen atoms in total. The second-order valence-electron chi connectivity index (χ2n) is 5.67. The molecule has 1 aliphatic carbocycles. The maximum atomic E-state index is 13.5. The van der Waals surface area contributed by atoms with Crippen molar-refractivity contribution in [3.63, 3.8) is 0 Å².